The molecule has 0 aromatic rings. The first-order chi connectivity index (χ1) is 8.25. The smallest absolute Gasteiger partial charge is 0.119 e. The molecule has 3 heteroatoms. The fourth-order valence-electron chi connectivity index (χ4n) is 4.01. The lowest BCUT2D eigenvalue weighted by atomic mass is 9.50. The highest BCUT2D eigenvalue weighted by Gasteiger charge is 2.62. The minimum Gasteiger partial charge on any atom is -0.392 e. The average Bonchev–Trinajstić information content (AvgIpc) is 2.30. The van der Waals surface area contributed by atoms with Crippen LogP contribution in [0.1, 0.15) is 46.5 Å². The molecule has 2 rings (SSSR count). The van der Waals surface area contributed by atoms with Gasteiger partial charge in [-0.1, -0.05) is 27.4 Å². The molecule has 0 radical (unpaired) electrons. The number of aliphatic hydroxyl groups is 3. The number of rotatable bonds is 1. The molecular formula is C15H26O3. The Balaban J connectivity index is 2.43. The second kappa shape index (κ2) is 4.32. The topological polar surface area (TPSA) is 60.7 Å². The van der Waals surface area contributed by atoms with Crippen LogP contribution in [0.5, 0.6) is 0 Å². The molecule has 5 atom stereocenters. The van der Waals surface area contributed by atoms with Crippen LogP contribution in [0.4, 0.5) is 0 Å². The lowest BCUT2D eigenvalue weighted by molar-refractivity contribution is -0.225. The molecule has 0 aromatic carbocycles. The van der Waals surface area contributed by atoms with Crippen LogP contribution < -0.4 is 0 Å². The third-order valence-corrected chi connectivity index (χ3v) is 5.55. The normalized spacial score (nSPS) is 49.3. The molecule has 0 heterocycles. The van der Waals surface area contributed by atoms with Gasteiger partial charge in [-0.25, -0.2) is 0 Å². The SMILES string of the molecule is C=C1CC[C@@H](O)[C@]2(C)CC[C@@H](C(C)C)[C@@H](O)[C@@]12O. The Morgan fingerprint density at radius 2 is 1.89 bits per heavy atom. The quantitative estimate of drug-likeness (QED) is 0.626. The van der Waals surface area contributed by atoms with Gasteiger partial charge in [-0.05, 0) is 43.1 Å². The number of hydrogen-bond acceptors (Lipinski definition) is 3. The molecule has 2 fully saturated rings. The Hall–Kier alpha value is -0.380. The van der Waals surface area contributed by atoms with Crippen molar-refractivity contribution in [3.63, 3.8) is 0 Å². The van der Waals surface area contributed by atoms with Gasteiger partial charge in [0.05, 0.1) is 12.2 Å². The Kier molecular flexibility index (Phi) is 3.37. The standard InChI is InChI=1S/C15H26O3/c1-9(2)11-7-8-14(4)12(16)6-5-10(3)15(14,18)13(11)17/h9,11-13,16-18H,3,5-8H2,1-2,4H3/t11-,12+,13+,14-,15-/m0/s1. The van der Waals surface area contributed by atoms with E-state index >= 15 is 0 Å². The van der Waals surface area contributed by atoms with Gasteiger partial charge in [-0.2, -0.15) is 0 Å². The summed E-state index contributed by atoms with van der Waals surface area (Å²) in [6.45, 7) is 10.0. The van der Waals surface area contributed by atoms with Crippen LogP contribution in [0, 0.1) is 17.3 Å². The lowest BCUT2D eigenvalue weighted by Crippen LogP contribution is -2.67. The summed E-state index contributed by atoms with van der Waals surface area (Å²) < 4.78 is 0. The zero-order valence-corrected chi connectivity index (χ0v) is 11.7. The van der Waals surface area contributed by atoms with E-state index in [1.165, 1.54) is 0 Å². The van der Waals surface area contributed by atoms with Gasteiger partial charge in [0.15, 0.2) is 0 Å². The fourth-order valence-corrected chi connectivity index (χ4v) is 4.01. The lowest BCUT2D eigenvalue weighted by Gasteiger charge is -2.59. The van der Waals surface area contributed by atoms with E-state index in [2.05, 4.69) is 20.4 Å². The molecule has 18 heavy (non-hydrogen) atoms. The highest BCUT2D eigenvalue weighted by molar-refractivity contribution is 5.28. The number of aliphatic hydroxyl groups excluding tert-OH is 2. The van der Waals surface area contributed by atoms with Crippen molar-refractivity contribution in [1.82, 2.24) is 0 Å². The molecule has 3 nitrogen and oxygen atoms in total. The van der Waals surface area contributed by atoms with Crippen molar-refractivity contribution in [2.75, 3.05) is 0 Å². The summed E-state index contributed by atoms with van der Waals surface area (Å²) in [4.78, 5) is 0. The molecule has 2 aliphatic rings. The molecule has 0 spiro atoms. The van der Waals surface area contributed by atoms with Crippen molar-refractivity contribution in [3.05, 3.63) is 12.2 Å². The van der Waals surface area contributed by atoms with Crippen LogP contribution in [0.15, 0.2) is 12.2 Å². The second-order valence-corrected chi connectivity index (χ2v) is 6.73. The van der Waals surface area contributed by atoms with Crippen LogP contribution in [-0.4, -0.2) is 33.1 Å². The van der Waals surface area contributed by atoms with Gasteiger partial charge in [0.2, 0.25) is 0 Å². The maximum Gasteiger partial charge on any atom is 0.119 e. The zero-order valence-electron chi connectivity index (χ0n) is 11.7. The zero-order chi connectivity index (χ0) is 13.7. The number of fused-ring (bicyclic) bond motifs is 1. The molecule has 3 N–H and O–H groups in total. The minimum absolute atomic E-state index is 0.0742. The predicted molar refractivity (Wildman–Crippen MR) is 71.0 cm³/mol. The van der Waals surface area contributed by atoms with E-state index in [0.29, 0.717) is 24.3 Å². The van der Waals surface area contributed by atoms with Gasteiger partial charge in [-0.3, -0.25) is 0 Å². The largest absolute Gasteiger partial charge is 0.392 e. The van der Waals surface area contributed by atoms with E-state index in [1.54, 1.807) is 0 Å². The Morgan fingerprint density at radius 3 is 2.44 bits per heavy atom. The summed E-state index contributed by atoms with van der Waals surface area (Å²) in [5.41, 5.74) is -1.31. The Morgan fingerprint density at radius 1 is 1.28 bits per heavy atom. The van der Waals surface area contributed by atoms with Crippen molar-refractivity contribution in [2.45, 2.75) is 64.3 Å². The van der Waals surface area contributed by atoms with Crippen LogP contribution in [-0.2, 0) is 0 Å². The molecule has 0 bridgehead atoms. The van der Waals surface area contributed by atoms with E-state index in [0.717, 1.165) is 12.8 Å². The highest BCUT2D eigenvalue weighted by Crippen LogP contribution is 2.57. The Bertz CT molecular complexity index is 352. The highest BCUT2D eigenvalue weighted by atomic mass is 16.3. The van der Waals surface area contributed by atoms with Crippen molar-refractivity contribution in [3.8, 4) is 0 Å². The van der Waals surface area contributed by atoms with E-state index in [4.69, 9.17) is 0 Å². The molecule has 104 valence electrons. The molecule has 2 saturated carbocycles. The van der Waals surface area contributed by atoms with Gasteiger partial charge in [0.1, 0.15) is 5.60 Å². The van der Waals surface area contributed by atoms with Crippen LogP contribution >= 0.6 is 0 Å². The van der Waals surface area contributed by atoms with Crippen LogP contribution in [0.25, 0.3) is 0 Å². The van der Waals surface area contributed by atoms with E-state index in [1.807, 2.05) is 6.92 Å². The summed E-state index contributed by atoms with van der Waals surface area (Å²) in [5.74, 6) is 0.394. The summed E-state index contributed by atoms with van der Waals surface area (Å²) in [5, 5.41) is 32.0. The first kappa shape index (κ1) is 14.0. The third kappa shape index (κ3) is 1.60. The van der Waals surface area contributed by atoms with Crippen LogP contribution in [0.3, 0.4) is 0 Å². The van der Waals surface area contributed by atoms with Crippen molar-refractivity contribution >= 4 is 0 Å². The Labute approximate surface area is 110 Å². The predicted octanol–water partition coefficient (Wildman–Crippen LogP) is 1.86. The molecular weight excluding hydrogens is 228 g/mol. The summed E-state index contributed by atoms with van der Waals surface area (Å²) in [6.07, 6.45) is 1.44. The van der Waals surface area contributed by atoms with Gasteiger partial charge in [0, 0.05) is 5.41 Å². The second-order valence-electron chi connectivity index (χ2n) is 6.73. The van der Waals surface area contributed by atoms with Gasteiger partial charge < -0.3 is 15.3 Å². The van der Waals surface area contributed by atoms with Gasteiger partial charge in [-0.15, -0.1) is 0 Å². The van der Waals surface area contributed by atoms with Crippen LogP contribution in [0.2, 0.25) is 0 Å². The van der Waals surface area contributed by atoms with E-state index in [-0.39, 0.29) is 5.92 Å². The summed E-state index contributed by atoms with van der Waals surface area (Å²) in [7, 11) is 0. The molecule has 2 aliphatic carbocycles. The summed E-state index contributed by atoms with van der Waals surface area (Å²) in [6, 6.07) is 0. The minimum atomic E-state index is -1.34. The number of hydrogen-bond donors (Lipinski definition) is 3. The molecule has 0 amide bonds. The fraction of sp³-hybridized carbons (Fsp3) is 0.867. The van der Waals surface area contributed by atoms with Crippen molar-refractivity contribution < 1.29 is 15.3 Å². The average molecular weight is 254 g/mol. The molecule has 0 unspecified atom stereocenters. The van der Waals surface area contributed by atoms with E-state index < -0.39 is 23.2 Å². The monoisotopic (exact) mass is 254 g/mol. The van der Waals surface area contributed by atoms with Gasteiger partial charge >= 0.3 is 0 Å². The molecule has 0 aliphatic heterocycles. The first-order valence-corrected chi connectivity index (χ1v) is 7.02. The summed E-state index contributed by atoms with van der Waals surface area (Å²) >= 11 is 0. The maximum atomic E-state index is 11.1. The molecule has 0 saturated heterocycles. The van der Waals surface area contributed by atoms with Crippen molar-refractivity contribution in [2.24, 2.45) is 17.3 Å². The third-order valence-electron chi connectivity index (χ3n) is 5.55. The van der Waals surface area contributed by atoms with Gasteiger partial charge in [0.25, 0.3) is 0 Å². The maximum absolute atomic E-state index is 11.1. The van der Waals surface area contributed by atoms with E-state index in [9.17, 15) is 15.3 Å². The molecule has 0 aromatic heterocycles. The first-order valence-electron chi connectivity index (χ1n) is 7.02. The van der Waals surface area contributed by atoms with Crippen molar-refractivity contribution in [1.29, 1.82) is 0 Å².